The van der Waals surface area contributed by atoms with Gasteiger partial charge in [0.2, 0.25) is 5.91 Å². The minimum Gasteiger partial charge on any atom is -0.488 e. The number of aromatic amines is 2. The van der Waals surface area contributed by atoms with Gasteiger partial charge in [0.15, 0.2) is 0 Å². The number of rotatable bonds is 12. The van der Waals surface area contributed by atoms with E-state index >= 15 is 0 Å². The Morgan fingerprint density at radius 2 is 1.66 bits per heavy atom. The first-order chi connectivity index (χ1) is 33.1. The molecular formula is C51H56N8O9. The fourth-order valence-electron chi connectivity index (χ4n) is 11.1. The van der Waals surface area contributed by atoms with E-state index < -0.39 is 36.4 Å². The Kier molecular flexibility index (Phi) is 12.3. The van der Waals surface area contributed by atoms with Crippen LogP contribution in [0.15, 0.2) is 79.0 Å². The molecule has 1 saturated carbocycles. The van der Waals surface area contributed by atoms with Crippen LogP contribution >= 0.6 is 0 Å². The summed E-state index contributed by atoms with van der Waals surface area (Å²) < 4.78 is 27.4. The maximum atomic E-state index is 14.4. The molecule has 6 aromatic rings. The molecule has 4 aromatic carbocycles. The Morgan fingerprint density at radius 1 is 0.853 bits per heavy atom. The van der Waals surface area contributed by atoms with Crippen LogP contribution in [0.3, 0.4) is 0 Å². The number of carbonyl (C=O) groups excluding carboxylic acids is 4. The number of ether oxygens (including phenoxy) is 5. The van der Waals surface area contributed by atoms with E-state index in [-0.39, 0.29) is 29.8 Å². The lowest BCUT2D eigenvalue weighted by molar-refractivity contribution is -0.140. The van der Waals surface area contributed by atoms with Gasteiger partial charge in [-0.15, -0.1) is 0 Å². The van der Waals surface area contributed by atoms with Crippen molar-refractivity contribution in [1.29, 1.82) is 0 Å². The van der Waals surface area contributed by atoms with Gasteiger partial charge in [-0.05, 0) is 90.4 Å². The molecule has 1 aliphatic carbocycles. The number of hydrogen-bond acceptors (Lipinski definition) is 11. The van der Waals surface area contributed by atoms with Gasteiger partial charge in [0.25, 0.3) is 5.91 Å². The number of imidazole rings is 2. The summed E-state index contributed by atoms with van der Waals surface area (Å²) >= 11 is 0. The average Bonchev–Trinajstić information content (AvgIpc) is 4.23. The van der Waals surface area contributed by atoms with E-state index in [1.54, 1.807) is 18.9 Å². The van der Waals surface area contributed by atoms with E-state index in [4.69, 9.17) is 33.7 Å². The Morgan fingerprint density at radius 3 is 2.44 bits per heavy atom. The number of alkyl carbamates (subject to hydrolysis) is 2. The van der Waals surface area contributed by atoms with Gasteiger partial charge in [-0.25, -0.2) is 19.6 Å². The molecule has 354 valence electrons. The van der Waals surface area contributed by atoms with Gasteiger partial charge in [-0.1, -0.05) is 55.0 Å². The third-order valence-electron chi connectivity index (χ3n) is 14.5. The van der Waals surface area contributed by atoms with E-state index in [9.17, 15) is 19.2 Å². The van der Waals surface area contributed by atoms with Crippen LogP contribution in [-0.4, -0.2) is 114 Å². The predicted molar refractivity (Wildman–Crippen MR) is 251 cm³/mol. The molecule has 2 saturated heterocycles. The molecule has 17 heteroatoms. The summed E-state index contributed by atoms with van der Waals surface area (Å²) in [6.45, 7) is 3.02. The number of amides is 4. The van der Waals surface area contributed by atoms with Crippen LogP contribution in [0.25, 0.3) is 44.2 Å². The second-order valence-electron chi connectivity index (χ2n) is 18.3. The van der Waals surface area contributed by atoms with Gasteiger partial charge in [-0.3, -0.25) is 9.59 Å². The summed E-state index contributed by atoms with van der Waals surface area (Å²) in [5.74, 6) is 2.03. The number of H-pyrrole nitrogens is 2. The first kappa shape index (κ1) is 44.8. The summed E-state index contributed by atoms with van der Waals surface area (Å²) in [7, 11) is 5.73. The highest BCUT2D eigenvalue weighted by Gasteiger charge is 2.50. The Balaban J connectivity index is 0.919. The maximum absolute atomic E-state index is 14.4. The van der Waals surface area contributed by atoms with Crippen molar-refractivity contribution in [2.24, 2.45) is 11.8 Å². The molecule has 4 N–H and O–H groups in total. The number of nitrogens with one attached hydrogen (secondary N) is 4. The lowest BCUT2D eigenvalue weighted by Crippen LogP contribution is -2.55. The maximum Gasteiger partial charge on any atom is 0.407 e. The van der Waals surface area contributed by atoms with Crippen LogP contribution in [0.1, 0.15) is 79.9 Å². The zero-order chi connectivity index (χ0) is 47.2. The molecule has 0 unspecified atom stereocenters. The number of nitrogens with zero attached hydrogens (tertiary/aromatic N) is 4. The van der Waals surface area contributed by atoms with Crippen molar-refractivity contribution in [3.63, 3.8) is 0 Å². The van der Waals surface area contributed by atoms with Crippen molar-refractivity contribution in [3.05, 3.63) is 102 Å². The smallest absolute Gasteiger partial charge is 0.407 e. The standard InChI is InChI=1S/C51H56N8O9/c1-27(65-3)43(56-50(62)66-4)49(61)59-39-13-9-12-32(39)21-41(59)46-52-23-38(54-46)31-14-16-34-33(19-31)26-68-42-22-35-30(20-36(34)42)15-17-37-45(35)55-47(53-37)40-18-28(25-64-2)24-58(40)48(60)44(57-51(63)67-5)29-10-7-6-8-11-29/h6-8,10-11,14-17,19-20,22-23,27-28,32,39-41,43-44H,9,12-13,18,21,24-26H2,1-5H3,(H,52,54)(H,53,55)(H,56,62)(H,57,63)/t27-,28+,32-,39-,40+,41+,43+,44-/m1/s1. The molecule has 4 aliphatic rings. The number of hydrogen-bond donors (Lipinski definition) is 4. The Labute approximate surface area is 393 Å². The molecule has 2 aromatic heterocycles. The van der Waals surface area contributed by atoms with Crippen molar-refractivity contribution in [1.82, 2.24) is 40.4 Å². The minimum atomic E-state index is -0.958. The second-order valence-corrected chi connectivity index (χ2v) is 18.3. The first-order valence-electron chi connectivity index (χ1n) is 23.2. The fraction of sp³-hybridized carbons (Fsp3) is 0.412. The zero-order valence-corrected chi connectivity index (χ0v) is 38.7. The largest absolute Gasteiger partial charge is 0.488 e. The summed E-state index contributed by atoms with van der Waals surface area (Å²) in [6.07, 6.45) is 4.25. The molecule has 3 fully saturated rings. The Bertz CT molecular complexity index is 2880. The van der Waals surface area contributed by atoms with Crippen LogP contribution in [0, 0.1) is 11.8 Å². The fourth-order valence-corrected chi connectivity index (χ4v) is 11.1. The summed E-state index contributed by atoms with van der Waals surface area (Å²) in [5, 5.41) is 7.37. The molecule has 17 nitrogen and oxygen atoms in total. The lowest BCUT2D eigenvalue weighted by Gasteiger charge is -2.34. The zero-order valence-electron chi connectivity index (χ0n) is 38.7. The highest BCUT2D eigenvalue weighted by atomic mass is 16.5. The molecule has 0 radical (unpaired) electrons. The van der Waals surface area contributed by atoms with Gasteiger partial charge in [0.05, 0.1) is 61.9 Å². The molecule has 0 bridgehead atoms. The summed E-state index contributed by atoms with van der Waals surface area (Å²) in [5.41, 5.74) is 7.08. The Hall–Kier alpha value is -6.98. The molecule has 3 aliphatic heterocycles. The van der Waals surface area contributed by atoms with Crippen LogP contribution in [0.2, 0.25) is 0 Å². The van der Waals surface area contributed by atoms with Crippen LogP contribution in [0.5, 0.6) is 5.75 Å². The second kappa shape index (κ2) is 18.6. The first-order valence-corrected chi connectivity index (χ1v) is 23.2. The van der Waals surface area contributed by atoms with E-state index in [1.807, 2.05) is 47.5 Å². The number of methoxy groups -OCH3 is 4. The van der Waals surface area contributed by atoms with Crippen molar-refractivity contribution in [3.8, 4) is 28.1 Å². The van der Waals surface area contributed by atoms with Crippen LogP contribution < -0.4 is 15.4 Å². The third-order valence-corrected chi connectivity index (χ3v) is 14.5. The van der Waals surface area contributed by atoms with Gasteiger partial charge < -0.3 is 54.1 Å². The summed E-state index contributed by atoms with van der Waals surface area (Å²) in [6, 6.07) is 21.2. The molecule has 5 heterocycles. The molecular weight excluding hydrogens is 869 g/mol. The highest BCUT2D eigenvalue weighted by Crippen LogP contribution is 2.48. The highest BCUT2D eigenvalue weighted by molar-refractivity contribution is 6.07. The van der Waals surface area contributed by atoms with Gasteiger partial charge in [0, 0.05) is 43.7 Å². The van der Waals surface area contributed by atoms with Gasteiger partial charge >= 0.3 is 12.2 Å². The molecule has 4 amide bonds. The van der Waals surface area contributed by atoms with Crippen molar-refractivity contribution >= 4 is 45.8 Å². The number of fused-ring (bicyclic) bond motifs is 7. The van der Waals surface area contributed by atoms with E-state index in [0.717, 1.165) is 81.2 Å². The molecule has 68 heavy (non-hydrogen) atoms. The molecule has 8 atom stereocenters. The average molecular weight is 925 g/mol. The van der Waals surface area contributed by atoms with E-state index in [2.05, 4.69) is 57.0 Å². The lowest BCUT2D eigenvalue weighted by atomic mass is 9.92. The van der Waals surface area contributed by atoms with E-state index in [0.29, 0.717) is 49.3 Å². The van der Waals surface area contributed by atoms with Crippen molar-refractivity contribution < 1.29 is 42.9 Å². The topological polar surface area (TPSA) is 202 Å². The normalized spacial score (nSPS) is 21.9. The van der Waals surface area contributed by atoms with Crippen molar-refractivity contribution in [2.45, 2.75) is 81.9 Å². The van der Waals surface area contributed by atoms with Crippen LogP contribution in [0.4, 0.5) is 9.59 Å². The monoisotopic (exact) mass is 924 g/mol. The number of benzene rings is 4. The predicted octanol–water partition coefficient (Wildman–Crippen LogP) is 7.50. The van der Waals surface area contributed by atoms with E-state index in [1.165, 1.54) is 21.3 Å². The van der Waals surface area contributed by atoms with Crippen LogP contribution in [-0.2, 0) is 35.1 Å². The minimum absolute atomic E-state index is 0.0499. The quantitative estimate of drug-likeness (QED) is 0.0947. The molecule has 10 rings (SSSR count). The number of aromatic nitrogens is 4. The summed E-state index contributed by atoms with van der Waals surface area (Å²) in [4.78, 5) is 74.4. The van der Waals surface area contributed by atoms with Crippen molar-refractivity contribution in [2.75, 3.05) is 41.6 Å². The SMILES string of the molecule is COC[C@H]1C[C@@H](c2nc3c(ccc4cc5c(cc43)OCc3cc(-c4cnc([C@@H]6C[C@H]7CCC[C@H]7N6C(=O)[C@@H](NC(=O)OC)[C@@H](C)OC)[nH]4)ccc3-5)[nH]2)N(C(=O)[C@H](NC(=O)OC)c2ccccc2)C1. The third kappa shape index (κ3) is 8.16. The number of likely N-dealkylation sites (tertiary alicyclic amines) is 2. The van der Waals surface area contributed by atoms with Gasteiger partial charge in [0.1, 0.15) is 36.1 Å². The molecule has 0 spiro atoms. The number of carbonyl (C=O) groups is 4. The van der Waals surface area contributed by atoms with Gasteiger partial charge in [-0.2, -0.15) is 0 Å².